The van der Waals surface area contributed by atoms with Gasteiger partial charge in [-0.3, -0.25) is 4.68 Å². The third kappa shape index (κ3) is 2.47. The van der Waals surface area contributed by atoms with Gasteiger partial charge >= 0.3 is 0 Å². The summed E-state index contributed by atoms with van der Waals surface area (Å²) in [6.07, 6.45) is 5.25. The Morgan fingerprint density at radius 3 is 3.06 bits per heavy atom. The number of nitrogens with zero attached hydrogens (tertiary/aromatic N) is 4. The summed E-state index contributed by atoms with van der Waals surface area (Å²) in [6.45, 7) is 3.40. The third-order valence-electron chi connectivity index (χ3n) is 2.16. The lowest BCUT2D eigenvalue weighted by molar-refractivity contribution is 0.608. The first-order valence-electron chi connectivity index (χ1n) is 5.06. The molecule has 0 fully saturated rings. The molecule has 2 aromatic rings. The van der Waals surface area contributed by atoms with Gasteiger partial charge in [0, 0.05) is 18.9 Å². The Bertz CT molecular complexity index is 450. The lowest BCUT2D eigenvalue weighted by Gasteiger charge is -2.08. The van der Waals surface area contributed by atoms with E-state index in [1.807, 2.05) is 19.2 Å². The van der Waals surface area contributed by atoms with Crippen molar-refractivity contribution in [2.24, 2.45) is 0 Å². The lowest BCUT2D eigenvalue weighted by Crippen LogP contribution is -2.13. The molecule has 6 nitrogen and oxygen atoms in total. The van der Waals surface area contributed by atoms with Crippen LogP contribution < -0.4 is 11.1 Å². The van der Waals surface area contributed by atoms with Gasteiger partial charge in [0.05, 0.1) is 18.4 Å². The van der Waals surface area contributed by atoms with Gasteiger partial charge in [-0.15, -0.1) is 5.10 Å². The van der Waals surface area contributed by atoms with Crippen LogP contribution in [0.1, 0.15) is 5.56 Å². The van der Waals surface area contributed by atoms with Crippen molar-refractivity contribution < 1.29 is 0 Å². The maximum absolute atomic E-state index is 5.82. The van der Waals surface area contributed by atoms with Crippen LogP contribution in [0, 0.1) is 6.92 Å². The number of anilines is 2. The monoisotopic (exact) mass is 218 g/mol. The summed E-state index contributed by atoms with van der Waals surface area (Å²) in [5.41, 5.74) is 7.54. The summed E-state index contributed by atoms with van der Waals surface area (Å²) < 4.78 is 1.75. The summed E-state index contributed by atoms with van der Waals surface area (Å²) >= 11 is 0. The fourth-order valence-electron chi connectivity index (χ4n) is 1.38. The highest BCUT2D eigenvalue weighted by Gasteiger charge is 2.00. The maximum atomic E-state index is 5.82. The highest BCUT2D eigenvalue weighted by molar-refractivity contribution is 5.61. The van der Waals surface area contributed by atoms with E-state index >= 15 is 0 Å². The Labute approximate surface area is 93.5 Å². The zero-order chi connectivity index (χ0) is 11.4. The Balaban J connectivity index is 1.90. The number of rotatable bonds is 4. The lowest BCUT2D eigenvalue weighted by atomic mass is 10.3. The first-order chi connectivity index (χ1) is 7.75. The van der Waals surface area contributed by atoms with E-state index in [0.29, 0.717) is 18.1 Å². The highest BCUT2D eigenvalue weighted by Crippen LogP contribution is 2.15. The second kappa shape index (κ2) is 4.61. The van der Waals surface area contributed by atoms with E-state index in [0.717, 1.165) is 12.1 Å². The molecule has 6 heteroatoms. The van der Waals surface area contributed by atoms with Gasteiger partial charge in [0.15, 0.2) is 0 Å². The van der Waals surface area contributed by atoms with Gasteiger partial charge < -0.3 is 11.1 Å². The predicted molar refractivity (Wildman–Crippen MR) is 61.9 cm³/mol. The van der Waals surface area contributed by atoms with Crippen LogP contribution in [-0.4, -0.2) is 26.5 Å². The summed E-state index contributed by atoms with van der Waals surface area (Å²) in [5, 5.41) is 10.7. The highest BCUT2D eigenvalue weighted by atomic mass is 15.4. The Morgan fingerprint density at radius 1 is 1.50 bits per heavy atom. The van der Waals surface area contributed by atoms with Crippen molar-refractivity contribution in [2.45, 2.75) is 13.5 Å². The molecule has 3 N–H and O–H groups in total. The fourth-order valence-corrected chi connectivity index (χ4v) is 1.38. The van der Waals surface area contributed by atoms with Crippen LogP contribution in [0.5, 0.6) is 0 Å². The van der Waals surface area contributed by atoms with E-state index in [1.165, 1.54) is 0 Å². The number of hydrogen-bond acceptors (Lipinski definition) is 5. The average Bonchev–Trinajstić information content (AvgIpc) is 2.74. The number of nitrogens with one attached hydrogen (secondary N) is 1. The van der Waals surface area contributed by atoms with Crippen LogP contribution in [-0.2, 0) is 6.54 Å². The minimum absolute atomic E-state index is 0.665. The van der Waals surface area contributed by atoms with E-state index in [1.54, 1.807) is 17.1 Å². The van der Waals surface area contributed by atoms with Crippen LogP contribution in [0.25, 0.3) is 0 Å². The predicted octanol–water partition coefficient (Wildman–Crippen LogP) is 0.676. The summed E-state index contributed by atoms with van der Waals surface area (Å²) in [5.74, 6) is 0.714. The maximum Gasteiger partial charge on any atom is 0.149 e. The number of aryl methyl sites for hydroxylation is 1. The van der Waals surface area contributed by atoms with Crippen LogP contribution in [0.15, 0.2) is 24.7 Å². The standard InChI is InChI=1S/C10H14N6/c1-8-6-9(11)10(13-7-8)12-2-4-16-5-3-14-15-16/h3,5-7H,2,4,11H2,1H3,(H,12,13). The number of nitrogens with two attached hydrogens (primary N) is 1. The quantitative estimate of drug-likeness (QED) is 0.788. The molecule has 0 radical (unpaired) electrons. The first kappa shape index (κ1) is 10.4. The van der Waals surface area contributed by atoms with Gasteiger partial charge in [0.1, 0.15) is 5.82 Å². The van der Waals surface area contributed by atoms with E-state index in [4.69, 9.17) is 5.73 Å². The molecule has 0 amide bonds. The molecule has 2 rings (SSSR count). The molecule has 0 unspecified atom stereocenters. The molecule has 0 saturated heterocycles. The SMILES string of the molecule is Cc1cnc(NCCn2ccnn2)c(N)c1. The molecule has 84 valence electrons. The summed E-state index contributed by atoms with van der Waals surface area (Å²) in [4.78, 5) is 4.22. The zero-order valence-electron chi connectivity index (χ0n) is 9.09. The number of pyridine rings is 1. The molecular weight excluding hydrogens is 204 g/mol. The Hall–Kier alpha value is -2.11. The smallest absolute Gasteiger partial charge is 0.149 e. The van der Waals surface area contributed by atoms with E-state index in [2.05, 4.69) is 20.6 Å². The molecule has 2 aromatic heterocycles. The minimum Gasteiger partial charge on any atom is -0.396 e. The van der Waals surface area contributed by atoms with Crippen molar-refractivity contribution >= 4 is 11.5 Å². The van der Waals surface area contributed by atoms with Crippen LogP contribution in [0.3, 0.4) is 0 Å². The molecule has 0 aliphatic heterocycles. The molecule has 0 saturated carbocycles. The first-order valence-corrected chi connectivity index (χ1v) is 5.06. The van der Waals surface area contributed by atoms with Crippen molar-refractivity contribution in [1.82, 2.24) is 20.0 Å². The number of hydrogen-bond donors (Lipinski definition) is 2. The Morgan fingerprint density at radius 2 is 2.38 bits per heavy atom. The van der Waals surface area contributed by atoms with Crippen molar-refractivity contribution in [3.8, 4) is 0 Å². The number of nitrogen functional groups attached to an aromatic ring is 1. The largest absolute Gasteiger partial charge is 0.396 e. The van der Waals surface area contributed by atoms with Gasteiger partial charge in [-0.2, -0.15) is 0 Å². The molecular formula is C10H14N6. The van der Waals surface area contributed by atoms with Crippen molar-refractivity contribution in [2.75, 3.05) is 17.6 Å². The summed E-state index contributed by atoms with van der Waals surface area (Å²) in [6, 6.07) is 1.89. The summed E-state index contributed by atoms with van der Waals surface area (Å²) in [7, 11) is 0. The van der Waals surface area contributed by atoms with Gasteiger partial charge in [0.2, 0.25) is 0 Å². The van der Waals surface area contributed by atoms with Crippen LogP contribution >= 0.6 is 0 Å². The topological polar surface area (TPSA) is 81.7 Å². The van der Waals surface area contributed by atoms with Gasteiger partial charge in [-0.05, 0) is 18.6 Å². The molecule has 2 heterocycles. The van der Waals surface area contributed by atoms with Crippen molar-refractivity contribution in [1.29, 1.82) is 0 Å². The third-order valence-corrected chi connectivity index (χ3v) is 2.16. The molecule has 0 aliphatic carbocycles. The molecule has 0 spiro atoms. The molecule has 0 bridgehead atoms. The van der Waals surface area contributed by atoms with Crippen molar-refractivity contribution in [3.63, 3.8) is 0 Å². The van der Waals surface area contributed by atoms with Gasteiger partial charge in [0.25, 0.3) is 0 Å². The van der Waals surface area contributed by atoms with E-state index in [9.17, 15) is 0 Å². The Kier molecular flexibility index (Phi) is 3.00. The molecule has 0 atom stereocenters. The second-order valence-electron chi connectivity index (χ2n) is 3.54. The average molecular weight is 218 g/mol. The van der Waals surface area contributed by atoms with Crippen molar-refractivity contribution in [3.05, 3.63) is 30.2 Å². The van der Waals surface area contributed by atoms with Crippen LogP contribution in [0.4, 0.5) is 11.5 Å². The normalized spacial score (nSPS) is 10.3. The zero-order valence-corrected chi connectivity index (χ0v) is 9.09. The van der Waals surface area contributed by atoms with E-state index in [-0.39, 0.29) is 0 Å². The van der Waals surface area contributed by atoms with Crippen LogP contribution in [0.2, 0.25) is 0 Å². The second-order valence-corrected chi connectivity index (χ2v) is 3.54. The molecule has 0 aromatic carbocycles. The van der Waals surface area contributed by atoms with Gasteiger partial charge in [-0.25, -0.2) is 4.98 Å². The fraction of sp³-hybridized carbons (Fsp3) is 0.300. The van der Waals surface area contributed by atoms with E-state index < -0.39 is 0 Å². The number of aromatic nitrogens is 4. The molecule has 0 aliphatic rings. The molecule has 16 heavy (non-hydrogen) atoms. The van der Waals surface area contributed by atoms with Gasteiger partial charge in [-0.1, -0.05) is 5.21 Å². The minimum atomic E-state index is 0.665.